The van der Waals surface area contributed by atoms with Crippen LogP contribution in [0, 0.1) is 5.92 Å². The Balaban J connectivity index is 2.42. The normalized spacial score (nSPS) is 12.5. The number of hydrogen-bond donors (Lipinski definition) is 2. The SMILES string of the molecule is CC[C@H](C)CNc1ccc(CCO)cc1. The van der Waals surface area contributed by atoms with Gasteiger partial charge in [-0.15, -0.1) is 0 Å². The Bertz CT molecular complexity index is 268. The molecule has 0 radical (unpaired) electrons. The average molecular weight is 207 g/mol. The van der Waals surface area contributed by atoms with Gasteiger partial charge in [0.05, 0.1) is 0 Å². The van der Waals surface area contributed by atoms with E-state index in [1.54, 1.807) is 0 Å². The fourth-order valence-electron chi connectivity index (χ4n) is 1.35. The first kappa shape index (κ1) is 12.1. The molecule has 0 aliphatic heterocycles. The molecular weight excluding hydrogens is 186 g/mol. The van der Waals surface area contributed by atoms with Crippen molar-refractivity contribution in [2.24, 2.45) is 5.92 Å². The van der Waals surface area contributed by atoms with Crippen molar-refractivity contribution < 1.29 is 5.11 Å². The Morgan fingerprint density at radius 1 is 1.27 bits per heavy atom. The van der Waals surface area contributed by atoms with Crippen LogP contribution in [0.1, 0.15) is 25.8 Å². The largest absolute Gasteiger partial charge is 0.396 e. The van der Waals surface area contributed by atoms with Crippen LogP contribution in [-0.4, -0.2) is 18.3 Å². The highest BCUT2D eigenvalue weighted by Crippen LogP contribution is 2.11. The molecule has 15 heavy (non-hydrogen) atoms. The second-order valence-corrected chi connectivity index (χ2v) is 4.06. The highest BCUT2D eigenvalue weighted by Gasteiger charge is 1.98. The molecule has 0 bridgehead atoms. The number of aliphatic hydroxyl groups is 1. The Labute approximate surface area is 92.3 Å². The monoisotopic (exact) mass is 207 g/mol. The lowest BCUT2D eigenvalue weighted by atomic mass is 10.1. The summed E-state index contributed by atoms with van der Waals surface area (Å²) in [5.74, 6) is 0.710. The van der Waals surface area contributed by atoms with Crippen molar-refractivity contribution in [1.29, 1.82) is 0 Å². The van der Waals surface area contributed by atoms with Gasteiger partial charge in [-0.3, -0.25) is 0 Å². The van der Waals surface area contributed by atoms with Gasteiger partial charge in [-0.2, -0.15) is 0 Å². The van der Waals surface area contributed by atoms with Gasteiger partial charge in [0.2, 0.25) is 0 Å². The summed E-state index contributed by atoms with van der Waals surface area (Å²) in [7, 11) is 0. The molecule has 2 heteroatoms. The van der Waals surface area contributed by atoms with Crippen LogP contribution < -0.4 is 5.32 Å². The summed E-state index contributed by atoms with van der Waals surface area (Å²) < 4.78 is 0. The fourth-order valence-corrected chi connectivity index (χ4v) is 1.35. The Hall–Kier alpha value is -1.02. The van der Waals surface area contributed by atoms with Crippen molar-refractivity contribution in [2.75, 3.05) is 18.5 Å². The number of aliphatic hydroxyl groups excluding tert-OH is 1. The first-order chi connectivity index (χ1) is 7.26. The van der Waals surface area contributed by atoms with Gasteiger partial charge in [-0.05, 0) is 30.0 Å². The van der Waals surface area contributed by atoms with Gasteiger partial charge in [-0.25, -0.2) is 0 Å². The number of hydrogen-bond acceptors (Lipinski definition) is 2. The number of rotatable bonds is 6. The Morgan fingerprint density at radius 3 is 2.47 bits per heavy atom. The molecule has 84 valence electrons. The second-order valence-electron chi connectivity index (χ2n) is 4.06. The second kappa shape index (κ2) is 6.46. The standard InChI is InChI=1S/C13H21NO/c1-3-11(2)10-14-13-6-4-12(5-7-13)8-9-15/h4-7,11,14-15H,3,8-10H2,1-2H3/t11-/m0/s1. The predicted octanol–water partition coefficient (Wildman–Crippen LogP) is 2.68. The lowest BCUT2D eigenvalue weighted by Crippen LogP contribution is -2.10. The molecule has 1 atom stereocenters. The van der Waals surface area contributed by atoms with E-state index in [1.165, 1.54) is 12.0 Å². The molecule has 0 heterocycles. The molecule has 0 aliphatic rings. The van der Waals surface area contributed by atoms with Crippen LogP contribution >= 0.6 is 0 Å². The molecule has 0 fully saturated rings. The van der Waals surface area contributed by atoms with Crippen molar-refractivity contribution in [3.63, 3.8) is 0 Å². The third-order valence-electron chi connectivity index (χ3n) is 2.71. The van der Waals surface area contributed by atoms with E-state index < -0.39 is 0 Å². The molecule has 1 rings (SSSR count). The summed E-state index contributed by atoms with van der Waals surface area (Å²) in [6.45, 7) is 5.69. The van der Waals surface area contributed by atoms with Crippen LogP contribution in [0.4, 0.5) is 5.69 Å². The summed E-state index contributed by atoms with van der Waals surface area (Å²) in [6, 6.07) is 8.28. The first-order valence-electron chi connectivity index (χ1n) is 5.70. The van der Waals surface area contributed by atoms with Crippen LogP contribution in [0.2, 0.25) is 0 Å². The third-order valence-corrected chi connectivity index (χ3v) is 2.71. The quantitative estimate of drug-likeness (QED) is 0.751. The van der Waals surface area contributed by atoms with Crippen molar-refractivity contribution in [2.45, 2.75) is 26.7 Å². The summed E-state index contributed by atoms with van der Waals surface area (Å²) in [5.41, 5.74) is 2.35. The topological polar surface area (TPSA) is 32.3 Å². The van der Waals surface area contributed by atoms with Gasteiger partial charge < -0.3 is 10.4 Å². The predicted molar refractivity (Wildman–Crippen MR) is 65.2 cm³/mol. The Morgan fingerprint density at radius 2 is 1.93 bits per heavy atom. The third kappa shape index (κ3) is 4.34. The van der Waals surface area contributed by atoms with Gasteiger partial charge in [0.15, 0.2) is 0 Å². The molecule has 2 nitrogen and oxygen atoms in total. The lowest BCUT2D eigenvalue weighted by molar-refractivity contribution is 0.299. The van der Waals surface area contributed by atoms with Crippen LogP contribution in [0.15, 0.2) is 24.3 Å². The van der Waals surface area contributed by atoms with E-state index in [0.29, 0.717) is 5.92 Å². The molecular formula is C13H21NO. The van der Waals surface area contributed by atoms with E-state index in [2.05, 4.69) is 43.4 Å². The molecule has 0 saturated heterocycles. The molecule has 0 amide bonds. The molecule has 0 saturated carbocycles. The number of nitrogens with one attached hydrogen (secondary N) is 1. The molecule has 0 unspecified atom stereocenters. The van der Waals surface area contributed by atoms with Crippen molar-refractivity contribution in [3.05, 3.63) is 29.8 Å². The summed E-state index contributed by atoms with van der Waals surface area (Å²) in [6.07, 6.45) is 1.95. The summed E-state index contributed by atoms with van der Waals surface area (Å²) >= 11 is 0. The lowest BCUT2D eigenvalue weighted by Gasteiger charge is -2.11. The number of anilines is 1. The first-order valence-corrected chi connectivity index (χ1v) is 5.70. The maximum Gasteiger partial charge on any atom is 0.0471 e. The van der Waals surface area contributed by atoms with Gasteiger partial charge in [0.1, 0.15) is 0 Å². The van der Waals surface area contributed by atoms with Crippen molar-refractivity contribution in [1.82, 2.24) is 0 Å². The summed E-state index contributed by atoms with van der Waals surface area (Å²) in [5, 5.41) is 12.2. The smallest absolute Gasteiger partial charge is 0.0471 e. The van der Waals surface area contributed by atoms with Gasteiger partial charge in [0, 0.05) is 18.8 Å². The van der Waals surface area contributed by atoms with Crippen LogP contribution in [0.3, 0.4) is 0 Å². The van der Waals surface area contributed by atoms with Gasteiger partial charge >= 0.3 is 0 Å². The molecule has 0 aromatic heterocycles. The minimum absolute atomic E-state index is 0.222. The Kier molecular flexibility index (Phi) is 5.19. The average Bonchev–Trinajstić information content (AvgIpc) is 2.28. The summed E-state index contributed by atoms with van der Waals surface area (Å²) in [4.78, 5) is 0. The highest BCUT2D eigenvalue weighted by molar-refractivity contribution is 5.44. The number of benzene rings is 1. The molecule has 1 aromatic carbocycles. The van der Waals surface area contributed by atoms with Crippen molar-refractivity contribution in [3.8, 4) is 0 Å². The fraction of sp³-hybridized carbons (Fsp3) is 0.538. The van der Waals surface area contributed by atoms with E-state index in [4.69, 9.17) is 5.11 Å². The van der Waals surface area contributed by atoms with E-state index >= 15 is 0 Å². The van der Waals surface area contributed by atoms with Gasteiger partial charge in [0.25, 0.3) is 0 Å². The van der Waals surface area contributed by atoms with Crippen LogP contribution in [0.5, 0.6) is 0 Å². The van der Waals surface area contributed by atoms with Crippen LogP contribution in [-0.2, 0) is 6.42 Å². The molecule has 0 aliphatic carbocycles. The zero-order valence-electron chi connectivity index (χ0n) is 9.66. The molecule has 1 aromatic rings. The van der Waals surface area contributed by atoms with Crippen molar-refractivity contribution >= 4 is 5.69 Å². The minimum atomic E-state index is 0.222. The maximum absolute atomic E-state index is 8.78. The zero-order chi connectivity index (χ0) is 11.1. The highest BCUT2D eigenvalue weighted by atomic mass is 16.2. The van der Waals surface area contributed by atoms with E-state index in [1.807, 2.05) is 0 Å². The van der Waals surface area contributed by atoms with E-state index in [0.717, 1.165) is 18.7 Å². The zero-order valence-corrected chi connectivity index (χ0v) is 9.66. The molecule has 2 N–H and O–H groups in total. The van der Waals surface area contributed by atoms with E-state index in [-0.39, 0.29) is 6.61 Å². The van der Waals surface area contributed by atoms with Gasteiger partial charge in [-0.1, -0.05) is 32.4 Å². The minimum Gasteiger partial charge on any atom is -0.396 e. The maximum atomic E-state index is 8.78. The molecule has 0 spiro atoms. The van der Waals surface area contributed by atoms with Crippen LogP contribution in [0.25, 0.3) is 0 Å². The van der Waals surface area contributed by atoms with E-state index in [9.17, 15) is 0 Å².